The van der Waals surface area contributed by atoms with Gasteiger partial charge in [-0.25, -0.2) is 4.98 Å². The Hall–Kier alpha value is -1.95. The number of benzene rings is 1. The molecule has 0 aliphatic carbocycles. The van der Waals surface area contributed by atoms with Gasteiger partial charge in [0.2, 0.25) is 0 Å². The molecule has 0 aliphatic heterocycles. The van der Waals surface area contributed by atoms with Gasteiger partial charge in [0, 0.05) is 5.56 Å². The zero-order valence-electron chi connectivity index (χ0n) is 8.86. The predicted octanol–water partition coefficient (Wildman–Crippen LogP) is 2.14. The highest BCUT2D eigenvalue weighted by molar-refractivity contribution is 5.60. The number of H-pyrrole nitrogens is 1. The van der Waals surface area contributed by atoms with E-state index < -0.39 is 6.61 Å². The predicted molar refractivity (Wildman–Crippen MR) is 58.5 cm³/mol. The van der Waals surface area contributed by atoms with Crippen LogP contribution < -0.4 is 10.5 Å². The van der Waals surface area contributed by atoms with Gasteiger partial charge >= 0.3 is 6.61 Å². The van der Waals surface area contributed by atoms with Gasteiger partial charge in [0.15, 0.2) is 0 Å². The fourth-order valence-corrected chi connectivity index (χ4v) is 1.45. The summed E-state index contributed by atoms with van der Waals surface area (Å²) in [5.41, 5.74) is 6.85. The second-order valence-corrected chi connectivity index (χ2v) is 3.35. The van der Waals surface area contributed by atoms with E-state index in [1.54, 1.807) is 18.3 Å². The van der Waals surface area contributed by atoms with Crippen LogP contribution in [0.2, 0.25) is 0 Å². The van der Waals surface area contributed by atoms with Crippen LogP contribution in [-0.4, -0.2) is 16.6 Å². The summed E-state index contributed by atoms with van der Waals surface area (Å²) in [4.78, 5) is 7.01. The van der Waals surface area contributed by atoms with E-state index in [4.69, 9.17) is 5.73 Å². The van der Waals surface area contributed by atoms with E-state index in [2.05, 4.69) is 14.7 Å². The number of halogens is 2. The Kier molecular flexibility index (Phi) is 3.34. The number of nitrogens with two attached hydrogens (primary N) is 1. The van der Waals surface area contributed by atoms with Crippen LogP contribution in [-0.2, 0) is 6.54 Å². The zero-order valence-corrected chi connectivity index (χ0v) is 8.86. The number of hydrogen-bond donors (Lipinski definition) is 2. The summed E-state index contributed by atoms with van der Waals surface area (Å²) in [5, 5.41) is 0. The molecule has 0 aliphatic rings. The molecule has 1 heterocycles. The number of rotatable bonds is 4. The lowest BCUT2D eigenvalue weighted by Crippen LogP contribution is -2.01. The van der Waals surface area contributed by atoms with Gasteiger partial charge in [-0.15, -0.1) is 0 Å². The lowest BCUT2D eigenvalue weighted by Gasteiger charge is -2.05. The third kappa shape index (κ3) is 2.79. The molecule has 1 aromatic heterocycles. The molecule has 4 nitrogen and oxygen atoms in total. The maximum atomic E-state index is 12.1. The van der Waals surface area contributed by atoms with Gasteiger partial charge in [-0.05, 0) is 12.1 Å². The van der Waals surface area contributed by atoms with Crippen LogP contribution in [0.4, 0.5) is 8.78 Å². The highest BCUT2D eigenvalue weighted by Gasteiger charge is 2.07. The molecule has 0 spiro atoms. The van der Waals surface area contributed by atoms with Crippen molar-refractivity contribution in [2.45, 2.75) is 13.2 Å². The van der Waals surface area contributed by atoms with E-state index in [-0.39, 0.29) is 5.75 Å². The molecule has 0 atom stereocenters. The van der Waals surface area contributed by atoms with Gasteiger partial charge in [0.05, 0.1) is 18.4 Å². The normalized spacial score (nSPS) is 10.8. The van der Waals surface area contributed by atoms with Gasteiger partial charge in [0.1, 0.15) is 11.6 Å². The Balaban J connectivity index is 2.26. The number of aromatic nitrogens is 2. The van der Waals surface area contributed by atoms with Crippen molar-refractivity contribution in [3.05, 3.63) is 36.3 Å². The molecule has 0 amide bonds. The second kappa shape index (κ2) is 4.92. The van der Waals surface area contributed by atoms with Crippen LogP contribution >= 0.6 is 0 Å². The van der Waals surface area contributed by atoms with Crippen LogP contribution in [0.3, 0.4) is 0 Å². The van der Waals surface area contributed by atoms with Gasteiger partial charge < -0.3 is 15.5 Å². The standard InChI is InChI=1S/C11H11F2N3O/c12-11(13)17-8-3-1-2-7(4-8)9-6-15-10(5-14)16-9/h1-4,6,11H,5,14H2,(H,15,16). The van der Waals surface area contributed by atoms with E-state index in [9.17, 15) is 8.78 Å². The van der Waals surface area contributed by atoms with Crippen molar-refractivity contribution in [1.82, 2.24) is 9.97 Å². The van der Waals surface area contributed by atoms with Gasteiger partial charge in [-0.2, -0.15) is 8.78 Å². The molecule has 3 N–H and O–H groups in total. The van der Waals surface area contributed by atoms with Crippen LogP contribution in [0.15, 0.2) is 30.5 Å². The van der Waals surface area contributed by atoms with Crippen LogP contribution in [0.25, 0.3) is 11.3 Å². The topological polar surface area (TPSA) is 63.9 Å². The van der Waals surface area contributed by atoms with Gasteiger partial charge in [-0.3, -0.25) is 0 Å². The summed E-state index contributed by atoms with van der Waals surface area (Å²) >= 11 is 0. The van der Waals surface area contributed by atoms with Crippen molar-refractivity contribution in [2.24, 2.45) is 5.73 Å². The maximum Gasteiger partial charge on any atom is 0.387 e. The molecule has 2 aromatic rings. The molecule has 90 valence electrons. The molecule has 17 heavy (non-hydrogen) atoms. The summed E-state index contributed by atoms with van der Waals surface area (Å²) in [5.74, 6) is 0.751. The van der Waals surface area contributed by atoms with E-state index in [0.717, 1.165) is 5.56 Å². The maximum absolute atomic E-state index is 12.1. The highest BCUT2D eigenvalue weighted by atomic mass is 19.3. The summed E-state index contributed by atoms with van der Waals surface area (Å²) < 4.78 is 28.4. The van der Waals surface area contributed by atoms with Crippen molar-refractivity contribution in [3.63, 3.8) is 0 Å². The average molecular weight is 239 g/mol. The Morgan fingerprint density at radius 3 is 2.88 bits per heavy atom. The largest absolute Gasteiger partial charge is 0.435 e. The number of hydrogen-bond acceptors (Lipinski definition) is 3. The monoisotopic (exact) mass is 239 g/mol. The fraction of sp³-hybridized carbons (Fsp3) is 0.182. The van der Waals surface area contributed by atoms with Crippen LogP contribution in [0, 0.1) is 0 Å². The fourth-order valence-electron chi connectivity index (χ4n) is 1.45. The van der Waals surface area contributed by atoms with E-state index in [1.165, 1.54) is 12.1 Å². The molecule has 0 saturated heterocycles. The first kappa shape index (κ1) is 11.5. The highest BCUT2D eigenvalue weighted by Crippen LogP contribution is 2.23. The summed E-state index contributed by atoms with van der Waals surface area (Å²) in [6.07, 6.45) is 1.60. The Morgan fingerprint density at radius 1 is 1.41 bits per heavy atom. The van der Waals surface area contributed by atoms with Crippen molar-refractivity contribution in [1.29, 1.82) is 0 Å². The quantitative estimate of drug-likeness (QED) is 0.859. The van der Waals surface area contributed by atoms with Gasteiger partial charge in [0.25, 0.3) is 0 Å². The van der Waals surface area contributed by atoms with Crippen molar-refractivity contribution < 1.29 is 13.5 Å². The number of aromatic amines is 1. The molecule has 0 unspecified atom stereocenters. The molecular weight excluding hydrogens is 228 g/mol. The van der Waals surface area contributed by atoms with E-state index in [1.807, 2.05) is 0 Å². The SMILES string of the molecule is NCc1ncc(-c2cccc(OC(F)F)c2)[nH]1. The lowest BCUT2D eigenvalue weighted by molar-refractivity contribution is -0.0498. The molecule has 0 bridgehead atoms. The number of imidazole rings is 1. The number of nitrogens with one attached hydrogen (secondary N) is 1. The smallest absolute Gasteiger partial charge is 0.387 e. The van der Waals surface area contributed by atoms with Crippen molar-refractivity contribution in [2.75, 3.05) is 0 Å². The van der Waals surface area contributed by atoms with E-state index in [0.29, 0.717) is 18.1 Å². The Morgan fingerprint density at radius 2 is 2.24 bits per heavy atom. The minimum absolute atomic E-state index is 0.112. The van der Waals surface area contributed by atoms with Crippen molar-refractivity contribution >= 4 is 0 Å². The minimum atomic E-state index is -2.83. The van der Waals surface area contributed by atoms with E-state index >= 15 is 0 Å². The molecular formula is C11H11F2N3O. The Bertz CT molecular complexity index is 499. The molecule has 0 fully saturated rings. The first-order valence-electron chi connectivity index (χ1n) is 4.98. The molecule has 0 saturated carbocycles. The number of ether oxygens (including phenoxy) is 1. The summed E-state index contributed by atoms with van der Waals surface area (Å²) in [7, 11) is 0. The molecule has 2 rings (SSSR count). The minimum Gasteiger partial charge on any atom is -0.435 e. The first-order chi connectivity index (χ1) is 8.19. The first-order valence-corrected chi connectivity index (χ1v) is 4.98. The summed E-state index contributed by atoms with van der Waals surface area (Å²) in [6, 6.07) is 6.39. The molecule has 0 radical (unpaired) electrons. The molecule has 6 heteroatoms. The number of alkyl halides is 2. The van der Waals surface area contributed by atoms with Crippen molar-refractivity contribution in [3.8, 4) is 17.0 Å². The third-order valence-electron chi connectivity index (χ3n) is 2.19. The third-order valence-corrected chi connectivity index (χ3v) is 2.19. The summed E-state index contributed by atoms with van der Waals surface area (Å²) in [6.45, 7) is -2.53. The Labute approximate surface area is 96.4 Å². The average Bonchev–Trinajstić information content (AvgIpc) is 2.77. The van der Waals surface area contributed by atoms with Crippen LogP contribution in [0.1, 0.15) is 5.82 Å². The lowest BCUT2D eigenvalue weighted by atomic mass is 10.1. The number of nitrogens with zero attached hydrogens (tertiary/aromatic N) is 1. The second-order valence-electron chi connectivity index (χ2n) is 3.35. The van der Waals surface area contributed by atoms with Crippen LogP contribution in [0.5, 0.6) is 5.75 Å². The van der Waals surface area contributed by atoms with Gasteiger partial charge in [-0.1, -0.05) is 12.1 Å². The molecule has 1 aromatic carbocycles. The zero-order chi connectivity index (χ0) is 12.3.